The molecule has 2 aromatic heterocycles. The summed E-state index contributed by atoms with van der Waals surface area (Å²) in [4.78, 5) is 17.5. The number of nitrogens with zero attached hydrogens (tertiary/aromatic N) is 3. The van der Waals surface area contributed by atoms with Crippen molar-refractivity contribution < 1.29 is 9.53 Å². The van der Waals surface area contributed by atoms with Gasteiger partial charge in [-0.25, -0.2) is 4.98 Å². The number of amides is 1. The molecule has 3 aromatic rings. The van der Waals surface area contributed by atoms with Crippen molar-refractivity contribution in [3.05, 3.63) is 59.5 Å². The molecule has 0 aliphatic carbocycles. The monoisotopic (exact) mass is 334 g/mol. The van der Waals surface area contributed by atoms with Crippen LogP contribution < -0.4 is 10.1 Å². The first-order chi connectivity index (χ1) is 12.2. The number of anilines is 1. The molecular formula is C19H18N4O2. The molecule has 1 amide bonds. The van der Waals surface area contributed by atoms with Crippen LogP contribution >= 0.6 is 0 Å². The van der Waals surface area contributed by atoms with Gasteiger partial charge < -0.3 is 10.1 Å². The summed E-state index contributed by atoms with van der Waals surface area (Å²) >= 11 is 0. The van der Waals surface area contributed by atoms with Crippen molar-refractivity contribution in [2.24, 2.45) is 0 Å². The second-order valence-electron chi connectivity index (χ2n) is 5.37. The number of nitrogens with one attached hydrogen (secondary N) is 1. The maximum absolute atomic E-state index is 12.9. The average molecular weight is 334 g/mol. The molecule has 25 heavy (non-hydrogen) atoms. The van der Waals surface area contributed by atoms with Gasteiger partial charge in [0.25, 0.3) is 5.91 Å². The first kappa shape index (κ1) is 16.5. The molecule has 2 heterocycles. The molecule has 1 aromatic carbocycles. The summed E-state index contributed by atoms with van der Waals surface area (Å²) < 4.78 is 7.34. The Hall–Kier alpha value is -3.33. The Bertz CT molecular complexity index is 969. The number of hydrogen-bond acceptors (Lipinski definition) is 4. The molecule has 0 atom stereocenters. The highest BCUT2D eigenvalue weighted by Crippen LogP contribution is 2.24. The molecule has 0 fully saturated rings. The summed E-state index contributed by atoms with van der Waals surface area (Å²) in [6, 6.07) is 12.6. The van der Waals surface area contributed by atoms with E-state index < -0.39 is 0 Å². The summed E-state index contributed by atoms with van der Waals surface area (Å²) in [5, 5.41) is 12.0. The molecule has 0 saturated heterocycles. The van der Waals surface area contributed by atoms with Crippen molar-refractivity contribution >= 4 is 17.2 Å². The molecule has 6 nitrogen and oxygen atoms in total. The van der Waals surface area contributed by atoms with Gasteiger partial charge in [-0.3, -0.25) is 9.20 Å². The van der Waals surface area contributed by atoms with Crippen LogP contribution in [0.15, 0.2) is 42.6 Å². The highest BCUT2D eigenvalue weighted by atomic mass is 16.5. The third-order valence-corrected chi connectivity index (χ3v) is 3.83. The van der Waals surface area contributed by atoms with Gasteiger partial charge in [0.05, 0.1) is 23.6 Å². The van der Waals surface area contributed by atoms with Crippen molar-refractivity contribution in [1.29, 1.82) is 5.26 Å². The first-order valence-corrected chi connectivity index (χ1v) is 8.12. The zero-order valence-electron chi connectivity index (χ0n) is 14.1. The van der Waals surface area contributed by atoms with Crippen molar-refractivity contribution in [1.82, 2.24) is 9.38 Å². The second kappa shape index (κ2) is 7.05. The fourth-order valence-electron chi connectivity index (χ4n) is 2.72. The molecule has 0 saturated carbocycles. The largest absolute Gasteiger partial charge is 0.490 e. The van der Waals surface area contributed by atoms with Crippen LogP contribution in [0.3, 0.4) is 0 Å². The highest BCUT2D eigenvalue weighted by molar-refractivity contribution is 6.05. The molecule has 0 aliphatic rings. The van der Waals surface area contributed by atoms with Crippen molar-refractivity contribution in [3.63, 3.8) is 0 Å². The smallest absolute Gasteiger partial charge is 0.274 e. The van der Waals surface area contributed by atoms with Crippen LogP contribution in [-0.4, -0.2) is 21.9 Å². The Morgan fingerprint density at radius 1 is 1.28 bits per heavy atom. The van der Waals surface area contributed by atoms with Crippen LogP contribution in [0.1, 0.15) is 35.6 Å². The van der Waals surface area contributed by atoms with Crippen LogP contribution in [0.25, 0.3) is 5.65 Å². The van der Waals surface area contributed by atoms with Crippen LogP contribution in [0.5, 0.6) is 5.75 Å². The molecule has 0 spiro atoms. The number of aryl methyl sites for hydroxylation is 1. The van der Waals surface area contributed by atoms with E-state index in [-0.39, 0.29) is 5.91 Å². The molecule has 0 bridgehead atoms. The Morgan fingerprint density at radius 2 is 2.08 bits per heavy atom. The van der Waals surface area contributed by atoms with Gasteiger partial charge in [0.2, 0.25) is 0 Å². The number of pyridine rings is 1. The zero-order chi connectivity index (χ0) is 17.8. The van der Waals surface area contributed by atoms with E-state index in [0.717, 1.165) is 0 Å². The van der Waals surface area contributed by atoms with E-state index in [2.05, 4.69) is 16.4 Å². The number of carbonyl (C=O) groups is 1. The highest BCUT2D eigenvalue weighted by Gasteiger charge is 2.21. The van der Waals surface area contributed by atoms with Crippen molar-refractivity contribution in [3.8, 4) is 11.8 Å². The fourth-order valence-corrected chi connectivity index (χ4v) is 2.72. The second-order valence-corrected chi connectivity index (χ2v) is 5.37. The number of benzene rings is 1. The lowest BCUT2D eigenvalue weighted by molar-refractivity contribution is 0.102. The number of para-hydroxylation sites is 1. The molecule has 1 N–H and O–H groups in total. The zero-order valence-corrected chi connectivity index (χ0v) is 14.1. The number of nitriles is 1. The third-order valence-electron chi connectivity index (χ3n) is 3.83. The van der Waals surface area contributed by atoms with Gasteiger partial charge >= 0.3 is 0 Å². The number of imidazole rings is 1. The number of hydrogen-bond donors (Lipinski definition) is 1. The maximum Gasteiger partial charge on any atom is 0.274 e. The van der Waals surface area contributed by atoms with Gasteiger partial charge in [0.1, 0.15) is 11.8 Å². The van der Waals surface area contributed by atoms with Crippen molar-refractivity contribution in [2.75, 3.05) is 11.9 Å². The summed E-state index contributed by atoms with van der Waals surface area (Å²) in [6.45, 7) is 4.37. The lowest BCUT2D eigenvalue weighted by Gasteiger charge is -2.09. The number of aromatic nitrogens is 2. The maximum atomic E-state index is 12.9. The van der Waals surface area contributed by atoms with E-state index in [1.807, 2.05) is 26.0 Å². The van der Waals surface area contributed by atoms with Gasteiger partial charge in [-0.1, -0.05) is 19.1 Å². The Balaban J connectivity index is 2.07. The number of carbonyl (C=O) groups excluding carboxylic acids is 1. The Morgan fingerprint density at radius 3 is 2.80 bits per heavy atom. The lowest BCUT2D eigenvalue weighted by Crippen LogP contribution is -2.17. The number of fused-ring (bicyclic) bond motifs is 1. The Kier molecular flexibility index (Phi) is 4.66. The Labute approximate surface area is 145 Å². The van der Waals surface area contributed by atoms with Crippen LogP contribution in [0, 0.1) is 11.3 Å². The fraction of sp³-hybridized carbons (Fsp3) is 0.211. The molecule has 0 aliphatic heterocycles. The topological polar surface area (TPSA) is 79.4 Å². The van der Waals surface area contributed by atoms with E-state index in [4.69, 9.17) is 4.74 Å². The number of rotatable bonds is 5. The normalized spacial score (nSPS) is 10.4. The predicted molar refractivity (Wildman–Crippen MR) is 94.8 cm³/mol. The van der Waals surface area contributed by atoms with E-state index in [1.54, 1.807) is 34.9 Å². The molecule has 0 unspecified atom stereocenters. The van der Waals surface area contributed by atoms with E-state index in [0.29, 0.717) is 47.1 Å². The minimum absolute atomic E-state index is 0.305. The van der Waals surface area contributed by atoms with Gasteiger partial charge in [0.15, 0.2) is 11.4 Å². The molecule has 126 valence electrons. The molecule has 6 heteroatoms. The number of ether oxygens (including phenoxy) is 1. The van der Waals surface area contributed by atoms with Gasteiger partial charge in [-0.15, -0.1) is 0 Å². The van der Waals surface area contributed by atoms with E-state index in [9.17, 15) is 10.1 Å². The average Bonchev–Trinajstić information content (AvgIpc) is 3.02. The lowest BCUT2D eigenvalue weighted by atomic mass is 10.2. The molecule has 3 rings (SSSR count). The van der Waals surface area contributed by atoms with E-state index >= 15 is 0 Å². The SMILES string of the molecule is CCOc1cccn2c(C(=O)Nc3ccccc3C#N)c(CC)nc12. The van der Waals surface area contributed by atoms with Crippen LogP contribution in [0.4, 0.5) is 5.69 Å². The quantitative estimate of drug-likeness (QED) is 0.775. The van der Waals surface area contributed by atoms with Gasteiger partial charge in [-0.05, 0) is 37.6 Å². The minimum Gasteiger partial charge on any atom is -0.490 e. The minimum atomic E-state index is -0.305. The molecular weight excluding hydrogens is 316 g/mol. The molecule has 0 radical (unpaired) electrons. The van der Waals surface area contributed by atoms with E-state index in [1.165, 1.54) is 0 Å². The summed E-state index contributed by atoms with van der Waals surface area (Å²) in [6.07, 6.45) is 2.39. The third kappa shape index (κ3) is 3.04. The van der Waals surface area contributed by atoms with Crippen LogP contribution in [0.2, 0.25) is 0 Å². The van der Waals surface area contributed by atoms with Gasteiger partial charge in [-0.2, -0.15) is 5.26 Å². The van der Waals surface area contributed by atoms with Crippen molar-refractivity contribution in [2.45, 2.75) is 20.3 Å². The summed E-state index contributed by atoms with van der Waals surface area (Å²) in [5.41, 5.74) is 2.64. The standard InChI is InChI=1S/C19H18N4O2/c1-3-14-17(19(24)22-15-9-6-5-8-13(15)12-20)23-11-7-10-16(25-4-2)18(23)21-14/h5-11H,3-4H2,1-2H3,(H,22,24). The van der Waals surface area contributed by atoms with Gasteiger partial charge in [0, 0.05) is 6.20 Å². The summed E-state index contributed by atoms with van der Waals surface area (Å²) in [7, 11) is 0. The van der Waals surface area contributed by atoms with Crippen LogP contribution in [-0.2, 0) is 6.42 Å². The summed E-state index contributed by atoms with van der Waals surface area (Å²) in [5.74, 6) is 0.330. The predicted octanol–water partition coefficient (Wildman–Crippen LogP) is 3.42. The first-order valence-electron chi connectivity index (χ1n) is 8.12.